The van der Waals surface area contributed by atoms with E-state index in [2.05, 4.69) is 36.9 Å². The largest absolute Gasteiger partial charge is 0.457 e. The van der Waals surface area contributed by atoms with Gasteiger partial charge in [0.1, 0.15) is 23.4 Å². The van der Waals surface area contributed by atoms with Crippen molar-refractivity contribution in [3.05, 3.63) is 133 Å². The smallest absolute Gasteiger partial charge is 0.174 e. The first kappa shape index (κ1) is 22.9. The molecule has 2 atom stereocenters. The van der Waals surface area contributed by atoms with E-state index in [1.165, 1.54) is 0 Å². The van der Waals surface area contributed by atoms with Crippen molar-refractivity contribution >= 4 is 23.0 Å². The van der Waals surface area contributed by atoms with Crippen molar-refractivity contribution in [3.8, 4) is 17.3 Å². The molecule has 1 N–H and O–H groups in total. The van der Waals surface area contributed by atoms with Crippen LogP contribution >= 0.6 is 12.2 Å². The number of hydrogen-bond acceptors (Lipinski definition) is 4. The van der Waals surface area contributed by atoms with Crippen LogP contribution in [0.5, 0.6) is 11.5 Å². The molecule has 6 rings (SSSR count). The van der Waals surface area contributed by atoms with Gasteiger partial charge in [-0.15, -0.1) is 0 Å². The van der Waals surface area contributed by atoms with Gasteiger partial charge in [0.2, 0.25) is 0 Å². The van der Waals surface area contributed by atoms with Gasteiger partial charge in [0.05, 0.1) is 11.7 Å². The van der Waals surface area contributed by atoms with Crippen molar-refractivity contribution in [3.63, 3.8) is 0 Å². The molecule has 0 spiro atoms. The molecule has 1 aliphatic heterocycles. The maximum absolute atomic E-state index is 6.01. The molecule has 0 saturated carbocycles. The predicted octanol–water partition coefficient (Wildman–Crippen LogP) is 6.55. The average Bonchev–Trinajstić information content (AvgIpc) is 3.55. The lowest BCUT2D eigenvalue weighted by Crippen LogP contribution is -2.30. The Morgan fingerprint density at radius 3 is 2.32 bits per heavy atom. The molecule has 2 unspecified atom stereocenters. The molecule has 7 heteroatoms. The first-order valence-corrected chi connectivity index (χ1v) is 12.5. The van der Waals surface area contributed by atoms with Crippen molar-refractivity contribution in [1.29, 1.82) is 0 Å². The van der Waals surface area contributed by atoms with Crippen LogP contribution in [0.1, 0.15) is 29.0 Å². The standard InChI is InChI=1S/C30H25N5OS/c1-21-12-17-27(32-20-21)34-19-7-11-26(34)29-28(25-10-5-6-18-31-25)33-30(37)35(29)22-13-15-24(16-14-22)36-23-8-3-2-4-9-23/h2-20,28-29H,1H3,(H,33,37). The molecule has 0 radical (unpaired) electrons. The van der Waals surface area contributed by atoms with Gasteiger partial charge in [0.15, 0.2) is 5.11 Å². The lowest BCUT2D eigenvalue weighted by Gasteiger charge is -2.29. The summed E-state index contributed by atoms with van der Waals surface area (Å²) in [6.07, 6.45) is 5.74. The molecule has 182 valence electrons. The van der Waals surface area contributed by atoms with Crippen LogP contribution in [-0.4, -0.2) is 19.6 Å². The molecule has 1 fully saturated rings. The van der Waals surface area contributed by atoms with Crippen molar-refractivity contribution in [2.45, 2.75) is 19.0 Å². The molecule has 37 heavy (non-hydrogen) atoms. The summed E-state index contributed by atoms with van der Waals surface area (Å²) in [5.74, 6) is 2.41. The molecule has 6 nitrogen and oxygen atoms in total. The maximum Gasteiger partial charge on any atom is 0.174 e. The minimum atomic E-state index is -0.151. The third-order valence-electron chi connectivity index (χ3n) is 6.42. The van der Waals surface area contributed by atoms with Crippen LogP contribution in [0.4, 0.5) is 5.69 Å². The fourth-order valence-electron chi connectivity index (χ4n) is 4.68. The molecule has 4 heterocycles. The van der Waals surface area contributed by atoms with Crippen molar-refractivity contribution in [1.82, 2.24) is 19.9 Å². The van der Waals surface area contributed by atoms with Crippen molar-refractivity contribution in [2.24, 2.45) is 0 Å². The van der Waals surface area contributed by atoms with Gasteiger partial charge in [-0.3, -0.25) is 4.98 Å². The van der Waals surface area contributed by atoms with E-state index in [1.807, 2.05) is 110 Å². The summed E-state index contributed by atoms with van der Waals surface area (Å²) >= 11 is 5.90. The van der Waals surface area contributed by atoms with E-state index >= 15 is 0 Å². The Labute approximate surface area is 221 Å². The van der Waals surface area contributed by atoms with Crippen LogP contribution in [-0.2, 0) is 0 Å². The van der Waals surface area contributed by atoms with Gasteiger partial charge in [-0.05, 0) is 91.4 Å². The number of nitrogens with one attached hydrogen (secondary N) is 1. The SMILES string of the molecule is Cc1ccc(-n2cccc2C2C(c3ccccn3)NC(=S)N2c2ccc(Oc3ccccc3)cc2)nc1. The average molecular weight is 504 g/mol. The van der Waals surface area contributed by atoms with E-state index in [4.69, 9.17) is 17.0 Å². The van der Waals surface area contributed by atoms with Gasteiger partial charge in [0.25, 0.3) is 0 Å². The summed E-state index contributed by atoms with van der Waals surface area (Å²) in [4.78, 5) is 11.5. The number of thiocarbonyl (C=S) groups is 1. The minimum absolute atomic E-state index is 0.145. The molecule has 1 saturated heterocycles. The minimum Gasteiger partial charge on any atom is -0.457 e. The second kappa shape index (κ2) is 9.87. The summed E-state index contributed by atoms with van der Waals surface area (Å²) in [6.45, 7) is 2.04. The van der Waals surface area contributed by atoms with E-state index in [9.17, 15) is 0 Å². The van der Waals surface area contributed by atoms with Crippen LogP contribution in [0.3, 0.4) is 0 Å². The molecule has 5 aromatic rings. The number of pyridine rings is 2. The van der Waals surface area contributed by atoms with E-state index in [0.29, 0.717) is 5.11 Å². The number of nitrogens with zero attached hydrogens (tertiary/aromatic N) is 4. The van der Waals surface area contributed by atoms with Gasteiger partial charge in [0, 0.05) is 30.0 Å². The van der Waals surface area contributed by atoms with Gasteiger partial charge in [-0.1, -0.05) is 30.3 Å². The number of para-hydroxylation sites is 1. The summed E-state index contributed by atoms with van der Waals surface area (Å²) in [6, 6.07) is 31.7. The molecule has 0 amide bonds. The number of ether oxygens (including phenoxy) is 1. The van der Waals surface area contributed by atoms with E-state index in [-0.39, 0.29) is 12.1 Å². The van der Waals surface area contributed by atoms with Crippen LogP contribution in [0.15, 0.2) is 116 Å². The number of hydrogen-bond donors (Lipinski definition) is 1. The highest BCUT2D eigenvalue weighted by Gasteiger charge is 2.42. The lowest BCUT2D eigenvalue weighted by atomic mass is 10.0. The Bertz CT molecular complexity index is 1500. The molecule has 0 aliphatic carbocycles. The zero-order valence-corrected chi connectivity index (χ0v) is 21.0. The second-order valence-electron chi connectivity index (χ2n) is 8.90. The van der Waals surface area contributed by atoms with E-state index in [0.717, 1.165) is 40.0 Å². The number of rotatable bonds is 6. The van der Waals surface area contributed by atoms with Gasteiger partial charge in [-0.2, -0.15) is 0 Å². The fraction of sp³-hybridized carbons (Fsp3) is 0.100. The zero-order chi connectivity index (χ0) is 25.2. The lowest BCUT2D eigenvalue weighted by molar-refractivity contribution is 0.482. The Balaban J connectivity index is 1.40. The van der Waals surface area contributed by atoms with E-state index < -0.39 is 0 Å². The number of aromatic nitrogens is 3. The molecule has 3 aromatic heterocycles. The Morgan fingerprint density at radius 2 is 1.59 bits per heavy atom. The molecule has 2 aromatic carbocycles. The van der Waals surface area contributed by atoms with Gasteiger partial charge >= 0.3 is 0 Å². The number of aryl methyl sites for hydroxylation is 1. The Morgan fingerprint density at radius 1 is 0.811 bits per heavy atom. The normalized spacial score (nSPS) is 17.0. The Kier molecular flexibility index (Phi) is 6.12. The monoisotopic (exact) mass is 503 g/mol. The zero-order valence-electron chi connectivity index (χ0n) is 20.2. The topological polar surface area (TPSA) is 55.2 Å². The first-order chi connectivity index (χ1) is 18.2. The highest BCUT2D eigenvalue weighted by Crippen LogP contribution is 2.42. The fourth-order valence-corrected chi connectivity index (χ4v) is 5.03. The molecular weight excluding hydrogens is 478 g/mol. The molecule has 1 aliphatic rings. The van der Waals surface area contributed by atoms with Crippen LogP contribution in [0, 0.1) is 6.92 Å². The second-order valence-corrected chi connectivity index (χ2v) is 9.29. The summed E-state index contributed by atoms with van der Waals surface area (Å²) in [7, 11) is 0. The van der Waals surface area contributed by atoms with Gasteiger partial charge < -0.3 is 19.5 Å². The van der Waals surface area contributed by atoms with Crippen molar-refractivity contribution in [2.75, 3.05) is 4.90 Å². The third kappa shape index (κ3) is 4.57. The summed E-state index contributed by atoms with van der Waals surface area (Å²) in [5.41, 5.74) is 4.06. The van der Waals surface area contributed by atoms with E-state index in [1.54, 1.807) is 0 Å². The number of anilines is 1. The molecular formula is C30H25N5OS. The van der Waals surface area contributed by atoms with Crippen molar-refractivity contribution < 1.29 is 4.74 Å². The first-order valence-electron chi connectivity index (χ1n) is 12.1. The maximum atomic E-state index is 6.01. The van der Waals surface area contributed by atoms with Crippen LogP contribution in [0.2, 0.25) is 0 Å². The Hall–Kier alpha value is -4.49. The third-order valence-corrected chi connectivity index (χ3v) is 6.73. The highest BCUT2D eigenvalue weighted by atomic mass is 32.1. The molecule has 0 bridgehead atoms. The van der Waals surface area contributed by atoms with Crippen LogP contribution in [0.25, 0.3) is 5.82 Å². The summed E-state index contributed by atoms with van der Waals surface area (Å²) in [5, 5.41) is 4.17. The van der Waals surface area contributed by atoms with Gasteiger partial charge in [-0.25, -0.2) is 4.98 Å². The summed E-state index contributed by atoms with van der Waals surface area (Å²) < 4.78 is 8.13. The predicted molar refractivity (Wildman–Crippen MR) is 149 cm³/mol. The number of benzene rings is 2. The van der Waals surface area contributed by atoms with Crippen LogP contribution < -0.4 is 15.0 Å². The highest BCUT2D eigenvalue weighted by molar-refractivity contribution is 7.80. The quantitative estimate of drug-likeness (QED) is 0.265.